The smallest absolute Gasteiger partial charge is 0.328 e. The number of allylic oxidation sites excluding steroid dienone is 2. The number of nitrogens with zero attached hydrogens (tertiary/aromatic N) is 5. The minimum atomic E-state index is -0.583. The minimum Gasteiger partial charge on any atom is -0.464 e. The number of carbonyl (C=O) groups is 2. The third kappa shape index (κ3) is 5.04. The third-order valence-electron chi connectivity index (χ3n) is 8.42. The maximum Gasteiger partial charge on any atom is 0.328 e. The van der Waals surface area contributed by atoms with E-state index in [0.29, 0.717) is 13.0 Å². The van der Waals surface area contributed by atoms with Crippen molar-refractivity contribution < 1.29 is 14.3 Å². The second-order valence-electron chi connectivity index (χ2n) is 11.3. The molecule has 6 rings (SSSR count). The standard InChI is InChI=1S/C33H36N6O3/c1-4-42-32(41)27(36-28-19-29(40)33(28)14-6-5-7-15-33)17-22-10-12-24(13-11-22)39-30(37-26-9-8-16-35-31(26)39)23-18-25(38(2)3)21-34-20-23/h8-13,16,18-21,27,36H,4-7,14-15,17H2,1-3H3/t27-/m0/s1. The molecule has 0 amide bonds. The summed E-state index contributed by atoms with van der Waals surface area (Å²) in [5, 5.41) is 3.42. The van der Waals surface area contributed by atoms with Crippen molar-refractivity contribution >= 4 is 28.6 Å². The van der Waals surface area contributed by atoms with Crippen LogP contribution in [0.4, 0.5) is 5.69 Å². The SMILES string of the molecule is CCOC(=O)[C@H](Cc1ccc(-n2c(-c3cncc(N(C)C)c3)nc3cccnc32)cc1)NC1=CC(=O)C12CCCCC2. The van der Waals surface area contributed by atoms with Gasteiger partial charge in [0.05, 0.1) is 23.9 Å². The second kappa shape index (κ2) is 11.4. The molecule has 0 saturated heterocycles. The first-order valence-electron chi connectivity index (χ1n) is 14.6. The molecular formula is C33H36N6O3. The molecule has 1 saturated carbocycles. The van der Waals surface area contributed by atoms with Gasteiger partial charge in [-0.3, -0.25) is 14.3 Å². The lowest BCUT2D eigenvalue weighted by Gasteiger charge is -2.44. The van der Waals surface area contributed by atoms with Gasteiger partial charge in [0, 0.05) is 55.9 Å². The monoisotopic (exact) mass is 564 g/mol. The summed E-state index contributed by atoms with van der Waals surface area (Å²) in [5.74, 6) is 0.617. The first kappa shape index (κ1) is 27.6. The van der Waals surface area contributed by atoms with Crippen molar-refractivity contribution in [2.45, 2.75) is 51.5 Å². The highest BCUT2D eigenvalue weighted by Gasteiger charge is 2.49. The van der Waals surface area contributed by atoms with Gasteiger partial charge in [0.15, 0.2) is 11.4 Å². The fourth-order valence-electron chi connectivity index (χ4n) is 6.10. The molecule has 216 valence electrons. The number of carbonyl (C=O) groups excluding carboxylic acids is 2. The van der Waals surface area contributed by atoms with Crippen molar-refractivity contribution in [3.05, 3.63) is 78.4 Å². The molecule has 9 heteroatoms. The van der Waals surface area contributed by atoms with Gasteiger partial charge in [-0.25, -0.2) is 14.8 Å². The molecule has 3 aromatic heterocycles. The van der Waals surface area contributed by atoms with Crippen molar-refractivity contribution in [3.8, 4) is 17.1 Å². The number of rotatable bonds is 9. The van der Waals surface area contributed by atoms with E-state index in [1.807, 2.05) is 79.3 Å². The van der Waals surface area contributed by atoms with Crippen molar-refractivity contribution in [3.63, 3.8) is 0 Å². The Bertz CT molecular complexity index is 1650. The summed E-state index contributed by atoms with van der Waals surface area (Å²) >= 11 is 0. The molecule has 4 aromatic rings. The number of benzene rings is 1. The number of pyridine rings is 2. The van der Waals surface area contributed by atoms with Crippen LogP contribution in [0.5, 0.6) is 0 Å². The molecule has 3 heterocycles. The lowest BCUT2D eigenvalue weighted by molar-refractivity contribution is -0.146. The highest BCUT2D eigenvalue weighted by molar-refractivity contribution is 6.05. The van der Waals surface area contributed by atoms with Crippen LogP contribution in [0.25, 0.3) is 28.2 Å². The molecule has 1 atom stereocenters. The highest BCUT2D eigenvalue weighted by Crippen LogP contribution is 2.48. The molecule has 0 unspecified atom stereocenters. The Kier molecular flexibility index (Phi) is 7.49. The summed E-state index contributed by atoms with van der Waals surface area (Å²) in [6, 6.07) is 13.4. The van der Waals surface area contributed by atoms with Crippen LogP contribution in [0.3, 0.4) is 0 Å². The van der Waals surface area contributed by atoms with Crippen molar-refractivity contribution in [1.29, 1.82) is 0 Å². The summed E-state index contributed by atoms with van der Waals surface area (Å²) < 4.78 is 7.46. The summed E-state index contributed by atoms with van der Waals surface area (Å²) in [6.07, 6.45) is 12.4. The van der Waals surface area contributed by atoms with Crippen LogP contribution in [0.1, 0.15) is 44.6 Å². The highest BCUT2D eigenvalue weighted by atomic mass is 16.5. The lowest BCUT2D eigenvalue weighted by atomic mass is 9.62. The first-order chi connectivity index (χ1) is 20.4. The maximum absolute atomic E-state index is 13.0. The Hall–Kier alpha value is -4.53. The number of aromatic nitrogens is 4. The van der Waals surface area contributed by atoms with Crippen LogP contribution in [0.2, 0.25) is 0 Å². The molecule has 2 aliphatic rings. The molecule has 9 nitrogen and oxygen atoms in total. The summed E-state index contributed by atoms with van der Waals surface area (Å²) in [6.45, 7) is 2.11. The largest absolute Gasteiger partial charge is 0.464 e. The van der Waals surface area contributed by atoms with Gasteiger partial charge in [0.25, 0.3) is 0 Å². The van der Waals surface area contributed by atoms with Gasteiger partial charge >= 0.3 is 5.97 Å². The molecule has 1 N–H and O–H groups in total. The van der Waals surface area contributed by atoms with Crippen molar-refractivity contribution in [2.24, 2.45) is 5.41 Å². The number of hydrogen-bond acceptors (Lipinski definition) is 8. The number of hydrogen-bond donors (Lipinski definition) is 1. The van der Waals surface area contributed by atoms with Gasteiger partial charge in [-0.1, -0.05) is 31.4 Å². The summed E-state index contributed by atoms with van der Waals surface area (Å²) in [4.78, 5) is 41.7. The fraction of sp³-hybridized carbons (Fsp3) is 0.364. The van der Waals surface area contributed by atoms with Crippen LogP contribution >= 0.6 is 0 Å². The quantitative estimate of drug-likeness (QED) is 0.283. The number of nitrogens with one attached hydrogen (secondary N) is 1. The predicted octanol–water partition coefficient (Wildman–Crippen LogP) is 5.03. The average Bonchev–Trinajstić information content (AvgIpc) is 3.41. The van der Waals surface area contributed by atoms with Crippen LogP contribution in [0.15, 0.2) is 72.8 Å². The van der Waals surface area contributed by atoms with E-state index in [0.717, 1.165) is 77.3 Å². The van der Waals surface area contributed by atoms with E-state index in [1.165, 1.54) is 0 Å². The van der Waals surface area contributed by atoms with Gasteiger partial charge in [0.2, 0.25) is 0 Å². The zero-order valence-electron chi connectivity index (χ0n) is 24.3. The Labute approximate surface area is 245 Å². The lowest BCUT2D eigenvalue weighted by Crippen LogP contribution is -2.52. The average molecular weight is 565 g/mol. The van der Waals surface area contributed by atoms with Gasteiger partial charge < -0.3 is 15.0 Å². The number of imidazole rings is 1. The summed E-state index contributed by atoms with van der Waals surface area (Å²) in [5.41, 5.74) is 5.72. The Morgan fingerprint density at radius 1 is 1.12 bits per heavy atom. The zero-order chi connectivity index (χ0) is 29.3. The van der Waals surface area contributed by atoms with Crippen LogP contribution in [0, 0.1) is 5.41 Å². The number of anilines is 1. The Balaban J connectivity index is 1.30. The Morgan fingerprint density at radius 2 is 1.90 bits per heavy atom. The van der Waals surface area contributed by atoms with Gasteiger partial charge in [-0.15, -0.1) is 0 Å². The molecular weight excluding hydrogens is 528 g/mol. The topological polar surface area (TPSA) is 102 Å². The minimum absolute atomic E-state index is 0.181. The van der Waals surface area contributed by atoms with Crippen molar-refractivity contribution in [1.82, 2.24) is 24.8 Å². The van der Waals surface area contributed by atoms with E-state index in [-0.39, 0.29) is 11.8 Å². The van der Waals surface area contributed by atoms with Crippen molar-refractivity contribution in [2.75, 3.05) is 25.6 Å². The first-order valence-corrected chi connectivity index (χ1v) is 14.6. The third-order valence-corrected chi connectivity index (χ3v) is 8.42. The molecule has 1 fully saturated rings. The number of esters is 1. The van der Waals surface area contributed by atoms with Gasteiger partial charge in [0.1, 0.15) is 17.4 Å². The molecule has 1 aromatic carbocycles. The maximum atomic E-state index is 13.0. The van der Waals surface area contributed by atoms with E-state index in [4.69, 9.17) is 9.72 Å². The van der Waals surface area contributed by atoms with E-state index in [9.17, 15) is 9.59 Å². The van der Waals surface area contributed by atoms with Crippen LogP contribution in [-0.4, -0.2) is 58.0 Å². The van der Waals surface area contributed by atoms with E-state index >= 15 is 0 Å². The van der Waals surface area contributed by atoms with E-state index < -0.39 is 11.5 Å². The molecule has 2 aliphatic carbocycles. The molecule has 0 bridgehead atoms. The normalized spacial score (nSPS) is 16.5. The number of ether oxygens (including phenoxy) is 1. The van der Waals surface area contributed by atoms with Gasteiger partial charge in [-0.2, -0.15) is 0 Å². The van der Waals surface area contributed by atoms with Crippen LogP contribution < -0.4 is 10.2 Å². The fourth-order valence-corrected chi connectivity index (χ4v) is 6.10. The summed E-state index contributed by atoms with van der Waals surface area (Å²) in [7, 11) is 3.97. The second-order valence-corrected chi connectivity index (χ2v) is 11.3. The van der Waals surface area contributed by atoms with Crippen LogP contribution in [-0.2, 0) is 20.7 Å². The Morgan fingerprint density at radius 3 is 2.62 bits per heavy atom. The molecule has 0 aliphatic heterocycles. The zero-order valence-corrected chi connectivity index (χ0v) is 24.3. The number of ketones is 1. The molecule has 0 radical (unpaired) electrons. The van der Waals surface area contributed by atoms with Gasteiger partial charge in [-0.05, 0) is 55.7 Å². The number of fused-ring (bicyclic) bond motifs is 1. The predicted molar refractivity (Wildman–Crippen MR) is 162 cm³/mol. The molecule has 42 heavy (non-hydrogen) atoms. The molecule has 1 spiro atoms. The van der Waals surface area contributed by atoms with E-state index in [1.54, 1.807) is 12.3 Å². The van der Waals surface area contributed by atoms with E-state index in [2.05, 4.69) is 21.4 Å².